The van der Waals surface area contributed by atoms with Crippen molar-refractivity contribution in [3.8, 4) is 0 Å². The average molecular weight is 348 g/mol. The maximum atomic E-state index is 12.4. The normalized spacial score (nSPS) is 24.4. The van der Waals surface area contributed by atoms with Crippen LogP contribution in [0.5, 0.6) is 0 Å². The Kier molecular flexibility index (Phi) is 6.26. The molecule has 0 saturated carbocycles. The van der Waals surface area contributed by atoms with Crippen LogP contribution in [0, 0.1) is 5.41 Å². The number of carboxylic acids is 2. The molecule has 3 N–H and O–H groups in total. The van der Waals surface area contributed by atoms with E-state index in [0.29, 0.717) is 16.7 Å². The van der Waals surface area contributed by atoms with Gasteiger partial charge in [-0.3, -0.25) is 4.79 Å². The number of hydrogen-bond acceptors (Lipinski definition) is 4. The predicted molar refractivity (Wildman–Crippen MR) is 93.0 cm³/mol. The van der Waals surface area contributed by atoms with E-state index < -0.39 is 23.0 Å². The minimum absolute atomic E-state index is 0.100. The molecule has 0 aliphatic heterocycles. The lowest BCUT2D eigenvalue weighted by Crippen LogP contribution is -2.49. The summed E-state index contributed by atoms with van der Waals surface area (Å²) in [6, 6.07) is 0. The summed E-state index contributed by atoms with van der Waals surface area (Å²) in [5.74, 6) is -2.32. The third-order valence-corrected chi connectivity index (χ3v) is 4.52. The molecule has 0 aromatic rings. The number of ketones is 1. The SMILES string of the molecule is CC1=C(C/C=C/C(=O)O)C(=O)CC(C)(C)[C@@]1(O)/C=C/C(C)=C\C(=O)O. The minimum Gasteiger partial charge on any atom is -0.478 e. The van der Waals surface area contributed by atoms with E-state index in [1.54, 1.807) is 27.7 Å². The number of carbonyl (C=O) groups excluding carboxylic acids is 1. The molecule has 0 bridgehead atoms. The Morgan fingerprint density at radius 3 is 2.28 bits per heavy atom. The number of allylic oxidation sites excluding steroid dienone is 4. The zero-order valence-electron chi connectivity index (χ0n) is 14.9. The number of Topliss-reactive ketones (excluding diaryl/α,β-unsaturated/α-hetero) is 1. The van der Waals surface area contributed by atoms with Gasteiger partial charge in [0.25, 0.3) is 0 Å². The lowest BCUT2D eigenvalue weighted by atomic mass is 9.62. The number of hydrogen-bond donors (Lipinski definition) is 3. The summed E-state index contributed by atoms with van der Waals surface area (Å²) in [7, 11) is 0. The smallest absolute Gasteiger partial charge is 0.328 e. The standard InChI is InChI=1S/C19H24O6/c1-12(10-17(23)24)8-9-19(25)13(2)14(6-5-7-16(21)22)15(20)11-18(19,3)4/h5,7-10,25H,6,11H2,1-4H3,(H,21,22)(H,23,24)/b7-5+,9-8+,12-10-/t19-/m1/s1. The molecule has 0 saturated heterocycles. The second-order valence-corrected chi connectivity index (χ2v) is 6.86. The van der Waals surface area contributed by atoms with E-state index in [1.807, 2.05) is 0 Å². The highest BCUT2D eigenvalue weighted by Crippen LogP contribution is 2.47. The van der Waals surface area contributed by atoms with Gasteiger partial charge in [-0.2, -0.15) is 0 Å². The van der Waals surface area contributed by atoms with Gasteiger partial charge in [0.15, 0.2) is 5.78 Å². The maximum absolute atomic E-state index is 12.4. The van der Waals surface area contributed by atoms with E-state index in [9.17, 15) is 19.5 Å². The Bertz CT molecular complexity index is 705. The minimum atomic E-state index is -1.44. The van der Waals surface area contributed by atoms with Crippen molar-refractivity contribution in [3.63, 3.8) is 0 Å². The molecule has 6 nitrogen and oxygen atoms in total. The fourth-order valence-corrected chi connectivity index (χ4v) is 2.98. The largest absolute Gasteiger partial charge is 0.478 e. The van der Waals surface area contributed by atoms with Crippen LogP contribution < -0.4 is 0 Å². The first-order chi connectivity index (χ1) is 11.4. The lowest BCUT2D eigenvalue weighted by molar-refractivity contribution is -0.132. The molecule has 0 unspecified atom stereocenters. The quantitative estimate of drug-likeness (QED) is 0.502. The summed E-state index contributed by atoms with van der Waals surface area (Å²) in [4.78, 5) is 33.7. The van der Waals surface area contributed by atoms with Crippen molar-refractivity contribution in [2.24, 2.45) is 5.41 Å². The van der Waals surface area contributed by atoms with Crippen molar-refractivity contribution < 1.29 is 29.7 Å². The van der Waals surface area contributed by atoms with Gasteiger partial charge in [-0.25, -0.2) is 9.59 Å². The predicted octanol–water partition coefficient (Wildman–Crippen LogP) is 2.65. The molecule has 25 heavy (non-hydrogen) atoms. The monoisotopic (exact) mass is 348 g/mol. The van der Waals surface area contributed by atoms with Gasteiger partial charge >= 0.3 is 11.9 Å². The highest BCUT2D eigenvalue weighted by atomic mass is 16.4. The van der Waals surface area contributed by atoms with Crippen LogP contribution in [-0.4, -0.2) is 38.6 Å². The van der Waals surface area contributed by atoms with Crippen LogP contribution in [0.1, 0.15) is 40.5 Å². The fraction of sp³-hybridized carbons (Fsp3) is 0.421. The Morgan fingerprint density at radius 2 is 1.76 bits per heavy atom. The molecule has 1 aliphatic carbocycles. The number of rotatable bonds is 6. The first-order valence-electron chi connectivity index (χ1n) is 7.86. The summed E-state index contributed by atoms with van der Waals surface area (Å²) in [6.07, 6.45) is 6.59. The van der Waals surface area contributed by atoms with Crippen molar-refractivity contribution in [3.05, 3.63) is 47.1 Å². The molecule has 1 aliphatic rings. The van der Waals surface area contributed by atoms with Gasteiger partial charge in [0, 0.05) is 29.6 Å². The van der Waals surface area contributed by atoms with Crippen LogP contribution >= 0.6 is 0 Å². The molecule has 1 atom stereocenters. The second-order valence-electron chi connectivity index (χ2n) is 6.86. The fourth-order valence-electron chi connectivity index (χ4n) is 2.98. The van der Waals surface area contributed by atoms with Gasteiger partial charge in [0.05, 0.1) is 0 Å². The Morgan fingerprint density at radius 1 is 1.16 bits per heavy atom. The molecule has 1 rings (SSSR count). The molecule has 0 heterocycles. The zero-order valence-corrected chi connectivity index (χ0v) is 14.9. The molecule has 136 valence electrons. The van der Waals surface area contributed by atoms with Gasteiger partial charge in [-0.15, -0.1) is 0 Å². The van der Waals surface area contributed by atoms with E-state index in [-0.39, 0.29) is 18.6 Å². The van der Waals surface area contributed by atoms with Crippen molar-refractivity contribution in [1.82, 2.24) is 0 Å². The van der Waals surface area contributed by atoms with E-state index in [4.69, 9.17) is 10.2 Å². The summed E-state index contributed by atoms with van der Waals surface area (Å²) in [5.41, 5.74) is -0.949. The number of aliphatic hydroxyl groups is 1. The topological polar surface area (TPSA) is 112 Å². The maximum Gasteiger partial charge on any atom is 0.328 e. The third-order valence-electron chi connectivity index (χ3n) is 4.52. The van der Waals surface area contributed by atoms with Crippen molar-refractivity contribution in [2.45, 2.75) is 46.1 Å². The highest BCUT2D eigenvalue weighted by molar-refractivity contribution is 5.98. The molecular weight excluding hydrogens is 324 g/mol. The molecule has 0 aromatic heterocycles. The van der Waals surface area contributed by atoms with Crippen LogP contribution in [0.4, 0.5) is 0 Å². The molecular formula is C19H24O6. The van der Waals surface area contributed by atoms with Gasteiger partial charge in [0.2, 0.25) is 0 Å². The Balaban J connectivity index is 3.34. The lowest BCUT2D eigenvalue weighted by Gasteiger charge is -2.45. The van der Waals surface area contributed by atoms with Crippen LogP contribution in [0.3, 0.4) is 0 Å². The molecule has 0 spiro atoms. The van der Waals surface area contributed by atoms with E-state index in [2.05, 4.69) is 0 Å². The summed E-state index contributed by atoms with van der Waals surface area (Å²) in [6.45, 7) is 6.77. The number of carboxylic acid groups (broad SMARTS) is 2. The van der Waals surface area contributed by atoms with Crippen LogP contribution in [0.25, 0.3) is 0 Å². The summed E-state index contributed by atoms with van der Waals surface area (Å²) >= 11 is 0. The van der Waals surface area contributed by atoms with Gasteiger partial charge in [-0.05, 0) is 37.5 Å². The van der Waals surface area contributed by atoms with E-state index >= 15 is 0 Å². The molecule has 0 amide bonds. The van der Waals surface area contributed by atoms with Crippen molar-refractivity contribution in [2.75, 3.05) is 0 Å². The first kappa shape index (κ1) is 20.6. The average Bonchev–Trinajstić information content (AvgIpc) is 2.45. The number of carbonyl (C=O) groups is 3. The van der Waals surface area contributed by atoms with Crippen LogP contribution in [0.2, 0.25) is 0 Å². The Labute approximate surface area is 146 Å². The summed E-state index contributed by atoms with van der Waals surface area (Å²) in [5, 5.41) is 28.7. The van der Waals surface area contributed by atoms with Crippen LogP contribution in [0.15, 0.2) is 47.1 Å². The van der Waals surface area contributed by atoms with Crippen molar-refractivity contribution in [1.29, 1.82) is 0 Å². The summed E-state index contributed by atoms with van der Waals surface area (Å²) < 4.78 is 0. The van der Waals surface area contributed by atoms with E-state index in [1.165, 1.54) is 18.2 Å². The highest BCUT2D eigenvalue weighted by Gasteiger charge is 2.49. The Hall–Kier alpha value is -2.47. The first-order valence-corrected chi connectivity index (χ1v) is 7.86. The van der Waals surface area contributed by atoms with Gasteiger partial charge < -0.3 is 15.3 Å². The molecule has 0 aromatic carbocycles. The van der Waals surface area contributed by atoms with Crippen molar-refractivity contribution >= 4 is 17.7 Å². The molecule has 6 heteroatoms. The third kappa shape index (κ3) is 4.76. The van der Waals surface area contributed by atoms with E-state index in [0.717, 1.165) is 12.2 Å². The molecule has 0 fully saturated rings. The number of aliphatic carboxylic acids is 2. The van der Waals surface area contributed by atoms with Gasteiger partial charge in [-0.1, -0.05) is 26.0 Å². The molecule has 0 radical (unpaired) electrons. The zero-order chi connectivity index (χ0) is 19.4. The van der Waals surface area contributed by atoms with Gasteiger partial charge in [0.1, 0.15) is 5.60 Å². The second kappa shape index (κ2) is 7.61. The van der Waals surface area contributed by atoms with Crippen LogP contribution in [-0.2, 0) is 14.4 Å².